The average Bonchev–Trinajstić information content (AvgIpc) is 3.60. The first-order valence-corrected chi connectivity index (χ1v) is 13.9. The number of aliphatic hydroxyl groups excluding tert-OH is 1. The van der Waals surface area contributed by atoms with E-state index in [1.807, 2.05) is 64.2 Å². The second kappa shape index (κ2) is 10.9. The predicted octanol–water partition coefficient (Wildman–Crippen LogP) is 6.04. The lowest BCUT2D eigenvalue weighted by Gasteiger charge is -2.27. The lowest BCUT2D eigenvalue weighted by molar-refractivity contribution is 0.126. The highest BCUT2D eigenvalue weighted by atomic mass is 16.3. The van der Waals surface area contributed by atoms with Crippen LogP contribution in [0.3, 0.4) is 0 Å². The third-order valence-corrected chi connectivity index (χ3v) is 7.70. The molecule has 0 saturated heterocycles. The number of hydrogen-bond acceptors (Lipinski definition) is 6. The van der Waals surface area contributed by atoms with Crippen molar-refractivity contribution in [2.75, 3.05) is 5.32 Å². The molecule has 0 amide bonds. The first-order chi connectivity index (χ1) is 19.5. The number of rotatable bonds is 7. The molecular weight excluding hydrogens is 498 g/mol. The first kappa shape index (κ1) is 25.8. The van der Waals surface area contributed by atoms with Crippen LogP contribution in [0.25, 0.3) is 27.8 Å². The van der Waals surface area contributed by atoms with E-state index in [0.29, 0.717) is 12.1 Å². The van der Waals surface area contributed by atoms with Crippen molar-refractivity contribution in [3.05, 3.63) is 90.0 Å². The fourth-order valence-corrected chi connectivity index (χ4v) is 5.57. The largest absolute Gasteiger partial charge is 0.393 e. The molecule has 0 unspecified atom stereocenters. The Balaban J connectivity index is 1.39. The maximum absolute atomic E-state index is 9.90. The molecule has 0 bridgehead atoms. The lowest BCUT2D eigenvalue weighted by Crippen LogP contribution is -2.28. The van der Waals surface area contributed by atoms with Crippen molar-refractivity contribution in [1.29, 1.82) is 5.26 Å². The highest BCUT2D eigenvalue weighted by Crippen LogP contribution is 2.35. The van der Waals surface area contributed by atoms with Crippen molar-refractivity contribution in [3.8, 4) is 22.9 Å². The maximum atomic E-state index is 9.90. The number of anilines is 1. The van der Waals surface area contributed by atoms with E-state index in [4.69, 9.17) is 10.1 Å². The third-order valence-electron chi connectivity index (χ3n) is 7.70. The number of benzene rings is 2. The Morgan fingerprint density at radius 3 is 2.62 bits per heavy atom. The van der Waals surface area contributed by atoms with E-state index in [0.717, 1.165) is 64.9 Å². The van der Waals surface area contributed by atoms with Crippen LogP contribution in [0.2, 0.25) is 0 Å². The number of aromatic nitrogens is 5. The molecular formula is C32H33N7O. The second-order valence-electron chi connectivity index (χ2n) is 10.9. The first-order valence-electron chi connectivity index (χ1n) is 13.9. The molecule has 0 aliphatic heterocycles. The third kappa shape index (κ3) is 5.08. The van der Waals surface area contributed by atoms with Gasteiger partial charge in [-0.2, -0.15) is 15.5 Å². The number of aliphatic hydroxyl groups is 1. The second-order valence-corrected chi connectivity index (χ2v) is 10.9. The van der Waals surface area contributed by atoms with E-state index < -0.39 is 0 Å². The van der Waals surface area contributed by atoms with E-state index in [9.17, 15) is 10.4 Å². The highest BCUT2D eigenvalue weighted by molar-refractivity contribution is 5.95. The number of nitrogens with zero attached hydrogens (tertiary/aromatic N) is 6. The molecule has 3 heterocycles. The molecule has 202 valence electrons. The standard InChI is InChI=1S/C32H33N7O/c1-21(2)31-30-28(24-18-35-38(20-24)19-22-6-4-3-5-7-22)14-15-34-32(30)39(37-31)26-11-8-23(17-33)29(16-26)36-25-9-12-27(40)13-10-25/h3-8,11,14-16,18,20-21,25,27,36,40H,9-10,12-13,19H2,1-2H3/t25-,27-. The Morgan fingerprint density at radius 2 is 1.88 bits per heavy atom. The van der Waals surface area contributed by atoms with Crippen LogP contribution in [-0.4, -0.2) is 41.8 Å². The van der Waals surface area contributed by atoms with Gasteiger partial charge < -0.3 is 10.4 Å². The van der Waals surface area contributed by atoms with Crippen molar-refractivity contribution in [1.82, 2.24) is 24.5 Å². The number of fused-ring (bicyclic) bond motifs is 1. The minimum Gasteiger partial charge on any atom is -0.393 e. The van der Waals surface area contributed by atoms with Crippen molar-refractivity contribution < 1.29 is 5.11 Å². The van der Waals surface area contributed by atoms with Crippen LogP contribution in [0.1, 0.15) is 62.3 Å². The molecule has 5 aromatic rings. The fourth-order valence-electron chi connectivity index (χ4n) is 5.57. The monoisotopic (exact) mass is 531 g/mol. The Hall–Kier alpha value is -4.48. The minimum absolute atomic E-state index is 0.177. The predicted molar refractivity (Wildman–Crippen MR) is 156 cm³/mol. The minimum atomic E-state index is -0.226. The van der Waals surface area contributed by atoms with Gasteiger partial charge in [0.15, 0.2) is 5.65 Å². The van der Waals surface area contributed by atoms with Gasteiger partial charge in [0.05, 0.1) is 46.9 Å². The van der Waals surface area contributed by atoms with Crippen LogP contribution in [0, 0.1) is 11.3 Å². The van der Waals surface area contributed by atoms with Crippen LogP contribution in [0.15, 0.2) is 73.2 Å². The van der Waals surface area contributed by atoms with Gasteiger partial charge in [-0.15, -0.1) is 0 Å². The van der Waals surface area contributed by atoms with Crippen LogP contribution in [0.5, 0.6) is 0 Å². The molecule has 6 rings (SSSR count). The van der Waals surface area contributed by atoms with E-state index in [1.165, 1.54) is 5.56 Å². The lowest BCUT2D eigenvalue weighted by atomic mass is 9.93. The zero-order valence-corrected chi connectivity index (χ0v) is 22.8. The summed E-state index contributed by atoms with van der Waals surface area (Å²) in [5.41, 5.74) is 7.23. The van der Waals surface area contributed by atoms with Crippen molar-refractivity contribution >= 4 is 16.7 Å². The molecule has 1 fully saturated rings. The smallest absolute Gasteiger partial charge is 0.163 e. The van der Waals surface area contributed by atoms with Gasteiger partial charge in [0, 0.05) is 24.0 Å². The molecule has 40 heavy (non-hydrogen) atoms. The summed E-state index contributed by atoms with van der Waals surface area (Å²) in [5, 5.41) is 34.0. The number of nitrogens with one attached hydrogen (secondary N) is 1. The van der Waals surface area contributed by atoms with Gasteiger partial charge in [-0.25, -0.2) is 9.67 Å². The number of hydrogen-bond donors (Lipinski definition) is 2. The molecule has 1 aliphatic rings. The molecule has 1 aliphatic carbocycles. The van der Waals surface area contributed by atoms with Crippen LogP contribution in [-0.2, 0) is 6.54 Å². The van der Waals surface area contributed by atoms with Crippen molar-refractivity contribution in [2.24, 2.45) is 0 Å². The molecule has 0 atom stereocenters. The summed E-state index contributed by atoms with van der Waals surface area (Å²) >= 11 is 0. The van der Waals surface area contributed by atoms with Gasteiger partial charge in [0.1, 0.15) is 6.07 Å². The van der Waals surface area contributed by atoms with E-state index in [-0.39, 0.29) is 18.1 Å². The summed E-state index contributed by atoms with van der Waals surface area (Å²) in [6.07, 6.45) is 8.88. The Bertz CT molecular complexity index is 1670. The summed E-state index contributed by atoms with van der Waals surface area (Å²) in [5.74, 6) is 0.177. The van der Waals surface area contributed by atoms with Crippen LogP contribution >= 0.6 is 0 Å². The molecule has 8 heteroatoms. The summed E-state index contributed by atoms with van der Waals surface area (Å²) in [7, 11) is 0. The van der Waals surface area contributed by atoms with Gasteiger partial charge >= 0.3 is 0 Å². The summed E-state index contributed by atoms with van der Waals surface area (Å²) < 4.78 is 3.85. The van der Waals surface area contributed by atoms with E-state index in [1.54, 1.807) is 0 Å². The Morgan fingerprint density at radius 1 is 1.07 bits per heavy atom. The van der Waals surface area contributed by atoms with Gasteiger partial charge in [-0.05, 0) is 67.0 Å². The molecule has 2 aromatic carbocycles. The summed E-state index contributed by atoms with van der Waals surface area (Å²) in [6.45, 7) is 4.99. The van der Waals surface area contributed by atoms with E-state index >= 15 is 0 Å². The Kier molecular flexibility index (Phi) is 7.06. The highest BCUT2D eigenvalue weighted by Gasteiger charge is 2.23. The molecule has 3 aromatic heterocycles. The summed E-state index contributed by atoms with van der Waals surface area (Å²) in [4.78, 5) is 4.78. The molecule has 2 N–H and O–H groups in total. The van der Waals surface area contributed by atoms with Crippen molar-refractivity contribution in [2.45, 2.75) is 64.1 Å². The summed E-state index contributed by atoms with van der Waals surface area (Å²) in [6, 6.07) is 20.6. The number of nitriles is 1. The molecule has 0 spiro atoms. The molecule has 0 radical (unpaired) electrons. The maximum Gasteiger partial charge on any atom is 0.163 e. The SMILES string of the molecule is CC(C)c1nn(-c2ccc(C#N)c(N[C@H]3CC[C@H](O)CC3)c2)c2nccc(-c3cnn(Cc4ccccc4)c3)c12. The zero-order valence-electron chi connectivity index (χ0n) is 22.8. The van der Waals surface area contributed by atoms with E-state index in [2.05, 4.69) is 48.7 Å². The van der Waals surface area contributed by atoms with Crippen molar-refractivity contribution in [3.63, 3.8) is 0 Å². The quantitative estimate of drug-likeness (QED) is 0.265. The topological polar surface area (TPSA) is 105 Å². The number of pyridine rings is 1. The van der Waals surface area contributed by atoms with Gasteiger partial charge in [0.2, 0.25) is 0 Å². The normalized spacial score (nSPS) is 17.3. The van der Waals surface area contributed by atoms with Gasteiger partial charge in [-0.3, -0.25) is 4.68 Å². The van der Waals surface area contributed by atoms with Crippen LogP contribution in [0.4, 0.5) is 5.69 Å². The average molecular weight is 532 g/mol. The molecule has 8 nitrogen and oxygen atoms in total. The van der Waals surface area contributed by atoms with Crippen LogP contribution < -0.4 is 5.32 Å². The zero-order chi connectivity index (χ0) is 27.6. The van der Waals surface area contributed by atoms with Gasteiger partial charge in [-0.1, -0.05) is 44.2 Å². The Labute approximate surface area is 233 Å². The molecule has 1 saturated carbocycles. The van der Waals surface area contributed by atoms with Gasteiger partial charge in [0.25, 0.3) is 0 Å². The fraction of sp³-hybridized carbons (Fsp3) is 0.312.